The van der Waals surface area contributed by atoms with E-state index in [0.29, 0.717) is 23.2 Å². The molecule has 0 aliphatic rings. The molecule has 0 aliphatic heterocycles. The predicted molar refractivity (Wildman–Crippen MR) is 80.4 cm³/mol. The van der Waals surface area contributed by atoms with E-state index >= 15 is 0 Å². The molecule has 3 nitrogen and oxygen atoms in total. The second-order valence-corrected chi connectivity index (χ2v) is 5.07. The number of nitrogens with zero attached hydrogens (tertiary/aromatic N) is 1. The molecule has 1 unspecified atom stereocenters. The lowest BCUT2D eigenvalue weighted by molar-refractivity contribution is 0.101. The highest BCUT2D eigenvalue weighted by Crippen LogP contribution is 2.26. The number of methoxy groups -OCH3 is 1. The molecule has 0 fully saturated rings. The van der Waals surface area contributed by atoms with Crippen molar-refractivity contribution in [3.05, 3.63) is 28.8 Å². The number of ketones is 1. The van der Waals surface area contributed by atoms with Crippen LogP contribution in [0.3, 0.4) is 0 Å². The molecule has 1 aromatic rings. The lowest BCUT2D eigenvalue weighted by atomic mass is 10.1. The van der Waals surface area contributed by atoms with Crippen molar-refractivity contribution < 1.29 is 9.53 Å². The highest BCUT2D eigenvalue weighted by Gasteiger charge is 2.15. The Kier molecular flexibility index (Phi) is 6.32. The Bertz CT molecular complexity index is 434. The molecule has 1 rings (SSSR count). The molecule has 0 spiro atoms. The third-order valence-corrected chi connectivity index (χ3v) is 3.64. The zero-order chi connectivity index (χ0) is 14.4. The van der Waals surface area contributed by atoms with E-state index in [1.165, 1.54) is 6.92 Å². The van der Waals surface area contributed by atoms with E-state index in [2.05, 4.69) is 18.7 Å². The average molecular weight is 284 g/mol. The number of carbonyl (C=O) groups is 1. The number of benzene rings is 1. The Balaban J connectivity index is 3.02. The van der Waals surface area contributed by atoms with Crippen LogP contribution >= 0.6 is 11.6 Å². The molecule has 0 radical (unpaired) electrons. The second kappa shape index (κ2) is 7.51. The first kappa shape index (κ1) is 16.0. The standard InChI is InChI=1S/C15H22ClNO2/c1-5-11(2)17(8-9-19-4)13-6-7-14(12(3)18)15(16)10-13/h6-7,10-11H,5,8-9H2,1-4H3. The number of carbonyl (C=O) groups excluding carboxylic acids is 1. The summed E-state index contributed by atoms with van der Waals surface area (Å²) in [4.78, 5) is 13.6. The van der Waals surface area contributed by atoms with Crippen LogP contribution in [-0.4, -0.2) is 32.1 Å². The van der Waals surface area contributed by atoms with Crippen molar-refractivity contribution in [1.29, 1.82) is 0 Å². The summed E-state index contributed by atoms with van der Waals surface area (Å²) in [5.41, 5.74) is 1.60. The Morgan fingerprint density at radius 3 is 2.63 bits per heavy atom. The normalized spacial score (nSPS) is 12.3. The minimum Gasteiger partial charge on any atom is -0.383 e. The maximum Gasteiger partial charge on any atom is 0.161 e. The van der Waals surface area contributed by atoms with Crippen molar-refractivity contribution in [3.63, 3.8) is 0 Å². The predicted octanol–water partition coefficient (Wildman–Crippen LogP) is 3.79. The van der Waals surface area contributed by atoms with Gasteiger partial charge in [-0.15, -0.1) is 0 Å². The Morgan fingerprint density at radius 2 is 2.16 bits per heavy atom. The van der Waals surface area contributed by atoms with Crippen LogP contribution in [0, 0.1) is 0 Å². The summed E-state index contributed by atoms with van der Waals surface area (Å²) in [5.74, 6) is -0.0106. The smallest absolute Gasteiger partial charge is 0.161 e. The van der Waals surface area contributed by atoms with Gasteiger partial charge in [-0.2, -0.15) is 0 Å². The van der Waals surface area contributed by atoms with Gasteiger partial charge in [-0.25, -0.2) is 0 Å². The SMILES string of the molecule is CCC(C)N(CCOC)c1ccc(C(C)=O)c(Cl)c1. The molecule has 19 heavy (non-hydrogen) atoms. The number of hydrogen-bond donors (Lipinski definition) is 0. The maximum atomic E-state index is 11.4. The first-order chi connectivity index (χ1) is 9.01. The quantitative estimate of drug-likeness (QED) is 0.713. The number of Topliss-reactive ketones (excluding diaryl/α,β-unsaturated/α-hetero) is 1. The molecule has 0 aromatic heterocycles. The van der Waals surface area contributed by atoms with Crippen LogP contribution < -0.4 is 4.90 Å². The van der Waals surface area contributed by atoms with E-state index < -0.39 is 0 Å². The molecule has 106 valence electrons. The van der Waals surface area contributed by atoms with Crippen LogP contribution in [0.5, 0.6) is 0 Å². The van der Waals surface area contributed by atoms with E-state index in [9.17, 15) is 4.79 Å². The third-order valence-electron chi connectivity index (χ3n) is 3.32. The first-order valence-corrected chi connectivity index (χ1v) is 6.95. The van der Waals surface area contributed by atoms with Crippen LogP contribution in [0.1, 0.15) is 37.6 Å². The molecular weight excluding hydrogens is 262 g/mol. The minimum atomic E-state index is -0.0106. The van der Waals surface area contributed by atoms with Gasteiger partial charge < -0.3 is 9.64 Å². The highest BCUT2D eigenvalue weighted by molar-refractivity contribution is 6.34. The average Bonchev–Trinajstić information content (AvgIpc) is 2.38. The molecule has 1 aromatic carbocycles. The molecule has 0 saturated heterocycles. The van der Waals surface area contributed by atoms with Gasteiger partial charge in [0, 0.05) is 30.9 Å². The van der Waals surface area contributed by atoms with Gasteiger partial charge in [0.05, 0.1) is 11.6 Å². The van der Waals surface area contributed by atoms with Crippen LogP contribution in [-0.2, 0) is 4.74 Å². The van der Waals surface area contributed by atoms with E-state index in [-0.39, 0.29) is 5.78 Å². The Labute approximate surface area is 120 Å². The molecule has 4 heteroatoms. The van der Waals surface area contributed by atoms with E-state index in [4.69, 9.17) is 16.3 Å². The summed E-state index contributed by atoms with van der Waals surface area (Å²) in [6, 6.07) is 6.00. The van der Waals surface area contributed by atoms with Crippen LogP contribution in [0.15, 0.2) is 18.2 Å². The van der Waals surface area contributed by atoms with Crippen LogP contribution in [0.25, 0.3) is 0 Å². The van der Waals surface area contributed by atoms with Gasteiger partial charge in [-0.05, 0) is 38.5 Å². The molecule has 0 aliphatic carbocycles. The van der Waals surface area contributed by atoms with Crippen LogP contribution in [0.4, 0.5) is 5.69 Å². The Hall–Kier alpha value is -1.06. The van der Waals surface area contributed by atoms with Gasteiger partial charge in [0.15, 0.2) is 5.78 Å². The topological polar surface area (TPSA) is 29.5 Å². The number of halogens is 1. The van der Waals surface area contributed by atoms with Crippen molar-refractivity contribution in [1.82, 2.24) is 0 Å². The molecule has 0 N–H and O–H groups in total. The second-order valence-electron chi connectivity index (χ2n) is 4.66. The lowest BCUT2D eigenvalue weighted by Gasteiger charge is -2.31. The van der Waals surface area contributed by atoms with Gasteiger partial charge in [-0.1, -0.05) is 18.5 Å². The summed E-state index contributed by atoms with van der Waals surface area (Å²) >= 11 is 6.17. The van der Waals surface area contributed by atoms with Gasteiger partial charge in [0.1, 0.15) is 0 Å². The van der Waals surface area contributed by atoms with E-state index in [0.717, 1.165) is 18.7 Å². The maximum absolute atomic E-state index is 11.4. The fourth-order valence-electron chi connectivity index (χ4n) is 1.98. The zero-order valence-electron chi connectivity index (χ0n) is 12.1. The number of hydrogen-bond acceptors (Lipinski definition) is 3. The number of anilines is 1. The molecule has 0 heterocycles. The molecule has 1 atom stereocenters. The fraction of sp³-hybridized carbons (Fsp3) is 0.533. The summed E-state index contributed by atoms with van der Waals surface area (Å²) in [5, 5.41) is 0.510. The molecule has 0 amide bonds. The monoisotopic (exact) mass is 283 g/mol. The summed E-state index contributed by atoms with van der Waals surface area (Å²) in [7, 11) is 1.70. The molecule has 0 bridgehead atoms. The molecular formula is C15H22ClNO2. The Morgan fingerprint density at radius 1 is 1.47 bits per heavy atom. The van der Waals surface area contributed by atoms with Gasteiger partial charge >= 0.3 is 0 Å². The van der Waals surface area contributed by atoms with Gasteiger partial charge in [0.25, 0.3) is 0 Å². The minimum absolute atomic E-state index is 0.0106. The van der Waals surface area contributed by atoms with Crippen LogP contribution in [0.2, 0.25) is 5.02 Å². The van der Waals surface area contributed by atoms with Crippen molar-refractivity contribution in [2.75, 3.05) is 25.2 Å². The summed E-state index contributed by atoms with van der Waals surface area (Å²) in [6.45, 7) is 7.31. The highest BCUT2D eigenvalue weighted by atomic mass is 35.5. The van der Waals surface area contributed by atoms with E-state index in [1.807, 2.05) is 12.1 Å². The van der Waals surface area contributed by atoms with Crippen molar-refractivity contribution >= 4 is 23.1 Å². The van der Waals surface area contributed by atoms with Crippen molar-refractivity contribution in [3.8, 4) is 0 Å². The van der Waals surface area contributed by atoms with Crippen molar-refractivity contribution in [2.24, 2.45) is 0 Å². The summed E-state index contributed by atoms with van der Waals surface area (Å²) in [6.07, 6.45) is 1.04. The largest absolute Gasteiger partial charge is 0.383 e. The van der Waals surface area contributed by atoms with Crippen molar-refractivity contribution in [2.45, 2.75) is 33.2 Å². The first-order valence-electron chi connectivity index (χ1n) is 6.57. The number of rotatable bonds is 7. The fourth-order valence-corrected chi connectivity index (χ4v) is 2.29. The molecule has 0 saturated carbocycles. The van der Waals surface area contributed by atoms with Gasteiger partial charge in [-0.3, -0.25) is 4.79 Å². The third kappa shape index (κ3) is 4.22. The van der Waals surface area contributed by atoms with Gasteiger partial charge in [0.2, 0.25) is 0 Å². The van der Waals surface area contributed by atoms with E-state index in [1.54, 1.807) is 13.2 Å². The number of ether oxygens (including phenoxy) is 1. The summed E-state index contributed by atoms with van der Waals surface area (Å²) < 4.78 is 5.15. The zero-order valence-corrected chi connectivity index (χ0v) is 12.8. The lowest BCUT2D eigenvalue weighted by Crippen LogP contribution is -2.35.